The third-order valence-corrected chi connectivity index (χ3v) is 4.46. The van der Waals surface area contributed by atoms with E-state index in [0.29, 0.717) is 11.4 Å². The van der Waals surface area contributed by atoms with Crippen LogP contribution in [0.1, 0.15) is 42.2 Å². The van der Waals surface area contributed by atoms with Crippen molar-refractivity contribution in [1.82, 2.24) is 0 Å². The van der Waals surface area contributed by atoms with Gasteiger partial charge < -0.3 is 15.5 Å². The number of carbonyl (C=O) groups is 3. The molecule has 0 saturated heterocycles. The van der Waals surface area contributed by atoms with Gasteiger partial charge in [-0.3, -0.25) is 9.59 Å². The standard InChI is InChI=1S/C21H13NO5/c23-16-10-9-15(22-12-7-5-11(6-8-12)21(26)27)17-18(16)20(25)14-4-2-1-3-13(14)19(17)24/h1-10,22-23H,(H,26,27). The third kappa shape index (κ3) is 2.64. The molecule has 0 heterocycles. The maximum atomic E-state index is 13.0. The zero-order valence-electron chi connectivity index (χ0n) is 13.9. The summed E-state index contributed by atoms with van der Waals surface area (Å²) < 4.78 is 0. The fourth-order valence-electron chi connectivity index (χ4n) is 3.16. The molecular weight excluding hydrogens is 346 g/mol. The van der Waals surface area contributed by atoms with Crippen molar-refractivity contribution in [3.63, 3.8) is 0 Å². The number of benzene rings is 3. The molecule has 0 radical (unpaired) electrons. The Labute approximate surface area is 153 Å². The van der Waals surface area contributed by atoms with Gasteiger partial charge in [0.2, 0.25) is 0 Å². The molecule has 1 aliphatic carbocycles. The van der Waals surface area contributed by atoms with Crippen LogP contribution in [0.5, 0.6) is 5.75 Å². The summed E-state index contributed by atoms with van der Waals surface area (Å²) in [6, 6.07) is 15.3. The molecule has 27 heavy (non-hydrogen) atoms. The highest BCUT2D eigenvalue weighted by atomic mass is 16.4. The lowest BCUT2D eigenvalue weighted by Crippen LogP contribution is -2.22. The zero-order valence-corrected chi connectivity index (χ0v) is 13.9. The Balaban J connectivity index is 1.81. The highest BCUT2D eigenvalue weighted by Crippen LogP contribution is 2.37. The fourth-order valence-corrected chi connectivity index (χ4v) is 3.16. The molecule has 0 bridgehead atoms. The number of hydrogen-bond donors (Lipinski definition) is 3. The number of fused-ring (bicyclic) bond motifs is 2. The molecule has 6 heteroatoms. The molecule has 6 nitrogen and oxygen atoms in total. The largest absolute Gasteiger partial charge is 0.507 e. The van der Waals surface area contributed by atoms with Crippen molar-refractivity contribution in [2.75, 3.05) is 5.32 Å². The molecule has 3 N–H and O–H groups in total. The molecule has 3 aromatic rings. The number of rotatable bonds is 3. The minimum absolute atomic E-state index is 0.0362. The smallest absolute Gasteiger partial charge is 0.335 e. The topological polar surface area (TPSA) is 104 Å². The molecule has 3 aromatic carbocycles. The van der Waals surface area contributed by atoms with Gasteiger partial charge in [0.25, 0.3) is 0 Å². The van der Waals surface area contributed by atoms with Crippen LogP contribution in [-0.2, 0) is 0 Å². The van der Waals surface area contributed by atoms with E-state index in [1.807, 2.05) is 0 Å². The second-order valence-electron chi connectivity index (χ2n) is 6.09. The van der Waals surface area contributed by atoms with Gasteiger partial charge in [-0.2, -0.15) is 0 Å². The number of aromatic carboxylic acids is 1. The van der Waals surface area contributed by atoms with Gasteiger partial charge in [0.15, 0.2) is 11.6 Å². The van der Waals surface area contributed by atoms with Gasteiger partial charge in [0.1, 0.15) is 5.75 Å². The number of aromatic hydroxyl groups is 1. The van der Waals surface area contributed by atoms with Gasteiger partial charge in [0, 0.05) is 16.8 Å². The molecule has 0 unspecified atom stereocenters. The van der Waals surface area contributed by atoms with Crippen molar-refractivity contribution in [3.8, 4) is 5.75 Å². The van der Waals surface area contributed by atoms with Crippen LogP contribution in [-0.4, -0.2) is 27.7 Å². The first-order chi connectivity index (χ1) is 13.0. The molecule has 0 amide bonds. The first-order valence-corrected chi connectivity index (χ1v) is 8.12. The molecule has 132 valence electrons. The Morgan fingerprint density at radius 1 is 0.778 bits per heavy atom. The van der Waals surface area contributed by atoms with E-state index in [1.54, 1.807) is 36.4 Å². The Kier molecular flexibility index (Phi) is 3.74. The SMILES string of the molecule is O=C(O)c1ccc(Nc2ccc(O)c3c2C(=O)c2ccccc2C3=O)cc1. The molecule has 0 spiro atoms. The van der Waals surface area contributed by atoms with Gasteiger partial charge in [-0.05, 0) is 36.4 Å². The number of nitrogens with one attached hydrogen (secondary N) is 1. The average molecular weight is 359 g/mol. The number of ketones is 2. The Bertz CT molecular complexity index is 1120. The zero-order chi connectivity index (χ0) is 19.1. The van der Waals surface area contributed by atoms with Crippen molar-refractivity contribution in [2.24, 2.45) is 0 Å². The first-order valence-electron chi connectivity index (χ1n) is 8.12. The van der Waals surface area contributed by atoms with E-state index in [2.05, 4.69) is 5.32 Å². The summed E-state index contributed by atoms with van der Waals surface area (Å²) >= 11 is 0. The summed E-state index contributed by atoms with van der Waals surface area (Å²) in [5.41, 5.74) is 1.64. The van der Waals surface area contributed by atoms with E-state index in [-0.39, 0.29) is 39.4 Å². The molecular formula is C21H13NO5. The predicted molar refractivity (Wildman–Crippen MR) is 98.1 cm³/mol. The lowest BCUT2D eigenvalue weighted by atomic mass is 9.82. The maximum Gasteiger partial charge on any atom is 0.335 e. The number of carboxylic acid groups (broad SMARTS) is 1. The van der Waals surface area contributed by atoms with Crippen LogP contribution >= 0.6 is 0 Å². The van der Waals surface area contributed by atoms with Gasteiger partial charge in [-0.25, -0.2) is 4.79 Å². The molecule has 0 aromatic heterocycles. The second-order valence-corrected chi connectivity index (χ2v) is 6.09. The molecule has 1 aliphatic rings. The normalized spacial score (nSPS) is 12.3. The van der Waals surface area contributed by atoms with Crippen LogP contribution in [0.3, 0.4) is 0 Å². The van der Waals surface area contributed by atoms with Crippen molar-refractivity contribution >= 4 is 28.9 Å². The number of phenols is 1. The average Bonchev–Trinajstić information content (AvgIpc) is 2.68. The second kappa shape index (κ2) is 6.10. The predicted octanol–water partition coefficient (Wildman–Crippen LogP) is 3.61. The monoisotopic (exact) mass is 359 g/mol. The Morgan fingerprint density at radius 2 is 1.37 bits per heavy atom. The number of carboxylic acids is 1. The van der Waals surface area contributed by atoms with E-state index in [4.69, 9.17) is 5.11 Å². The van der Waals surface area contributed by atoms with Crippen LogP contribution in [0.4, 0.5) is 11.4 Å². The summed E-state index contributed by atoms with van der Waals surface area (Å²) in [6.45, 7) is 0. The lowest BCUT2D eigenvalue weighted by Gasteiger charge is -2.21. The van der Waals surface area contributed by atoms with E-state index in [1.165, 1.54) is 24.3 Å². The lowest BCUT2D eigenvalue weighted by molar-refractivity contribution is 0.0696. The van der Waals surface area contributed by atoms with Crippen LogP contribution < -0.4 is 5.32 Å². The van der Waals surface area contributed by atoms with Gasteiger partial charge >= 0.3 is 5.97 Å². The van der Waals surface area contributed by atoms with E-state index in [9.17, 15) is 19.5 Å². The summed E-state index contributed by atoms with van der Waals surface area (Å²) in [6.07, 6.45) is 0. The van der Waals surface area contributed by atoms with Crippen molar-refractivity contribution in [1.29, 1.82) is 0 Å². The van der Waals surface area contributed by atoms with Crippen LogP contribution in [0.25, 0.3) is 0 Å². The summed E-state index contributed by atoms with van der Waals surface area (Å²) in [5.74, 6) is -2.08. The third-order valence-electron chi connectivity index (χ3n) is 4.46. The molecule has 0 fully saturated rings. The van der Waals surface area contributed by atoms with Crippen LogP contribution in [0.15, 0.2) is 60.7 Å². The highest BCUT2D eigenvalue weighted by Gasteiger charge is 2.33. The number of carbonyl (C=O) groups excluding carboxylic acids is 2. The summed E-state index contributed by atoms with van der Waals surface area (Å²) in [7, 11) is 0. The number of hydrogen-bond acceptors (Lipinski definition) is 5. The fraction of sp³-hybridized carbons (Fsp3) is 0. The maximum absolute atomic E-state index is 13.0. The van der Waals surface area contributed by atoms with E-state index >= 15 is 0 Å². The van der Waals surface area contributed by atoms with Crippen LogP contribution in [0, 0.1) is 0 Å². The highest BCUT2D eigenvalue weighted by molar-refractivity contribution is 6.31. The quantitative estimate of drug-likeness (QED) is 0.483. The van der Waals surface area contributed by atoms with Gasteiger partial charge in [0.05, 0.1) is 22.4 Å². The van der Waals surface area contributed by atoms with Crippen molar-refractivity contribution in [3.05, 3.63) is 88.5 Å². The van der Waals surface area contributed by atoms with Gasteiger partial charge in [-0.15, -0.1) is 0 Å². The first kappa shape index (κ1) is 16.5. The van der Waals surface area contributed by atoms with E-state index < -0.39 is 11.8 Å². The summed E-state index contributed by atoms with van der Waals surface area (Å²) in [5, 5.41) is 22.2. The molecule has 0 saturated carbocycles. The Hall–Kier alpha value is -3.93. The van der Waals surface area contributed by atoms with Crippen molar-refractivity contribution < 1.29 is 24.6 Å². The Morgan fingerprint density at radius 3 is 1.96 bits per heavy atom. The minimum Gasteiger partial charge on any atom is -0.507 e. The number of anilines is 2. The van der Waals surface area contributed by atoms with Gasteiger partial charge in [-0.1, -0.05) is 24.3 Å². The molecule has 0 atom stereocenters. The molecule has 0 aliphatic heterocycles. The summed E-state index contributed by atoms with van der Waals surface area (Å²) in [4.78, 5) is 36.7. The van der Waals surface area contributed by atoms with Crippen molar-refractivity contribution in [2.45, 2.75) is 0 Å². The van der Waals surface area contributed by atoms with Crippen LogP contribution in [0.2, 0.25) is 0 Å². The number of phenolic OH excluding ortho intramolecular Hbond substituents is 1. The minimum atomic E-state index is -1.04. The molecule has 4 rings (SSSR count). The van der Waals surface area contributed by atoms with E-state index in [0.717, 1.165) is 0 Å².